The van der Waals surface area contributed by atoms with Crippen LogP contribution in [0.15, 0.2) is 12.4 Å². The zero-order valence-electron chi connectivity index (χ0n) is 17.2. The summed E-state index contributed by atoms with van der Waals surface area (Å²) in [6, 6.07) is 0.181. The molecule has 6 nitrogen and oxygen atoms in total. The number of aromatic nitrogens is 3. The molecule has 148 valence electrons. The van der Waals surface area contributed by atoms with Crippen LogP contribution in [0.5, 0.6) is 0 Å². The number of unbranched alkanes of at least 4 members (excludes halogenated alkanes) is 1. The number of hydrogen-bond acceptors (Lipinski definition) is 5. The maximum atomic E-state index is 13.1. The number of thiazole rings is 1. The normalized spacial score (nSPS) is 21.1. The van der Waals surface area contributed by atoms with Crippen molar-refractivity contribution < 1.29 is 9.53 Å². The lowest BCUT2D eigenvalue weighted by Gasteiger charge is -2.54. The van der Waals surface area contributed by atoms with E-state index < -0.39 is 0 Å². The first kappa shape index (κ1) is 20.0. The number of amides is 1. The number of hydrogen-bond donors (Lipinski definition) is 0. The van der Waals surface area contributed by atoms with E-state index in [0.29, 0.717) is 4.88 Å². The van der Waals surface area contributed by atoms with E-state index in [9.17, 15) is 4.79 Å². The quantitative estimate of drug-likeness (QED) is 0.673. The van der Waals surface area contributed by atoms with E-state index in [1.54, 1.807) is 10.9 Å². The predicted molar refractivity (Wildman–Crippen MR) is 108 cm³/mol. The molecule has 7 heteroatoms. The molecule has 1 saturated carbocycles. The molecule has 0 saturated heterocycles. The van der Waals surface area contributed by atoms with Crippen molar-refractivity contribution in [3.05, 3.63) is 23.0 Å². The van der Waals surface area contributed by atoms with Crippen molar-refractivity contribution >= 4 is 17.2 Å². The molecule has 2 heterocycles. The Labute approximate surface area is 165 Å². The Morgan fingerprint density at radius 1 is 1.48 bits per heavy atom. The van der Waals surface area contributed by atoms with Crippen LogP contribution >= 0.6 is 11.3 Å². The summed E-state index contributed by atoms with van der Waals surface area (Å²) in [6.45, 7) is 9.27. The van der Waals surface area contributed by atoms with Gasteiger partial charge in [-0.15, -0.1) is 11.3 Å². The van der Waals surface area contributed by atoms with Gasteiger partial charge in [0.25, 0.3) is 5.91 Å². The molecule has 2 unspecified atom stereocenters. The first-order valence-corrected chi connectivity index (χ1v) is 10.4. The maximum Gasteiger partial charge on any atom is 0.265 e. The summed E-state index contributed by atoms with van der Waals surface area (Å²) < 4.78 is 7.78. The van der Waals surface area contributed by atoms with Crippen LogP contribution in [0.2, 0.25) is 0 Å². The van der Waals surface area contributed by atoms with E-state index in [1.165, 1.54) is 11.3 Å². The minimum absolute atomic E-state index is 0.0388. The van der Waals surface area contributed by atoms with Gasteiger partial charge in [-0.1, -0.05) is 27.2 Å². The summed E-state index contributed by atoms with van der Waals surface area (Å²) in [5, 5.41) is 5.03. The molecule has 0 aromatic carbocycles. The number of carbonyl (C=O) groups excluding carboxylic acids is 1. The molecule has 0 N–H and O–H groups in total. The average molecular weight is 391 g/mol. The van der Waals surface area contributed by atoms with Crippen molar-refractivity contribution in [3.63, 3.8) is 0 Å². The van der Waals surface area contributed by atoms with Crippen LogP contribution in [0.3, 0.4) is 0 Å². The minimum atomic E-state index is -0.0388. The van der Waals surface area contributed by atoms with Crippen molar-refractivity contribution in [2.24, 2.45) is 12.5 Å². The first-order chi connectivity index (χ1) is 12.8. The predicted octanol–water partition coefficient (Wildman–Crippen LogP) is 3.91. The first-order valence-electron chi connectivity index (χ1n) is 9.60. The third-order valence-corrected chi connectivity index (χ3v) is 6.87. The molecule has 2 aromatic heterocycles. The van der Waals surface area contributed by atoms with E-state index >= 15 is 0 Å². The summed E-state index contributed by atoms with van der Waals surface area (Å²) in [6.07, 6.45) is 7.04. The van der Waals surface area contributed by atoms with Crippen LogP contribution in [0, 0.1) is 12.3 Å². The highest BCUT2D eigenvalue weighted by molar-refractivity contribution is 7.17. The van der Waals surface area contributed by atoms with Gasteiger partial charge in [0, 0.05) is 43.9 Å². The number of rotatable bonds is 7. The lowest BCUT2D eigenvalue weighted by Crippen LogP contribution is -2.62. The maximum absolute atomic E-state index is 13.1. The van der Waals surface area contributed by atoms with Crippen molar-refractivity contribution in [1.29, 1.82) is 0 Å². The van der Waals surface area contributed by atoms with E-state index in [-0.39, 0.29) is 23.5 Å². The van der Waals surface area contributed by atoms with Gasteiger partial charge in [0.1, 0.15) is 9.88 Å². The molecule has 1 aliphatic carbocycles. The van der Waals surface area contributed by atoms with Gasteiger partial charge >= 0.3 is 0 Å². The summed E-state index contributed by atoms with van der Waals surface area (Å²) in [4.78, 5) is 20.3. The van der Waals surface area contributed by atoms with Gasteiger partial charge in [-0.3, -0.25) is 9.48 Å². The Morgan fingerprint density at radius 3 is 2.81 bits per heavy atom. The third kappa shape index (κ3) is 3.80. The van der Waals surface area contributed by atoms with Crippen LogP contribution in [-0.2, 0) is 11.8 Å². The minimum Gasteiger partial charge on any atom is -0.378 e. The van der Waals surface area contributed by atoms with E-state index in [4.69, 9.17) is 4.74 Å². The van der Waals surface area contributed by atoms with Crippen LogP contribution in [0.25, 0.3) is 10.6 Å². The fourth-order valence-electron chi connectivity index (χ4n) is 3.73. The van der Waals surface area contributed by atoms with Gasteiger partial charge < -0.3 is 9.64 Å². The second-order valence-corrected chi connectivity index (χ2v) is 9.04. The van der Waals surface area contributed by atoms with Crippen molar-refractivity contribution in [2.45, 2.75) is 59.1 Å². The lowest BCUT2D eigenvalue weighted by molar-refractivity contribution is -0.140. The topological polar surface area (TPSA) is 60.2 Å². The van der Waals surface area contributed by atoms with Gasteiger partial charge in [-0.25, -0.2) is 4.98 Å². The van der Waals surface area contributed by atoms with Gasteiger partial charge in [0.05, 0.1) is 18.0 Å². The highest BCUT2D eigenvalue weighted by Gasteiger charge is 2.52. The average Bonchev–Trinajstić information content (AvgIpc) is 3.22. The molecule has 0 bridgehead atoms. The molecule has 1 amide bonds. The summed E-state index contributed by atoms with van der Waals surface area (Å²) in [7, 11) is 3.78. The Kier molecular flexibility index (Phi) is 5.72. The fourth-order valence-corrected chi connectivity index (χ4v) is 4.75. The molecule has 1 fully saturated rings. The lowest BCUT2D eigenvalue weighted by atomic mass is 9.63. The smallest absolute Gasteiger partial charge is 0.265 e. The number of nitrogens with zero attached hydrogens (tertiary/aromatic N) is 4. The SMILES string of the molecule is CCCCOC1CC(N(C)C(=O)c2sc(-c3cnn(C)c3)nc2C)C1(C)C. The Hall–Kier alpha value is -1.73. The molecule has 0 radical (unpaired) electrons. The van der Waals surface area contributed by atoms with Crippen LogP contribution in [0.1, 0.15) is 55.4 Å². The van der Waals surface area contributed by atoms with Crippen LogP contribution in [0.4, 0.5) is 0 Å². The Bertz CT molecular complexity index is 811. The van der Waals surface area contributed by atoms with Crippen LogP contribution < -0.4 is 0 Å². The second-order valence-electron chi connectivity index (χ2n) is 8.04. The third-order valence-electron chi connectivity index (χ3n) is 5.67. The van der Waals surface area contributed by atoms with Crippen molar-refractivity contribution in [1.82, 2.24) is 19.7 Å². The molecule has 0 aliphatic heterocycles. The largest absolute Gasteiger partial charge is 0.378 e. The molecule has 1 aliphatic rings. The molecular weight excluding hydrogens is 360 g/mol. The molecule has 2 aromatic rings. The van der Waals surface area contributed by atoms with Crippen LogP contribution in [-0.4, -0.2) is 51.4 Å². The number of carbonyl (C=O) groups is 1. The highest BCUT2D eigenvalue weighted by Crippen LogP contribution is 2.46. The number of aryl methyl sites for hydroxylation is 2. The fraction of sp³-hybridized carbons (Fsp3) is 0.650. The van der Waals surface area contributed by atoms with E-state index in [1.807, 2.05) is 32.1 Å². The van der Waals surface area contributed by atoms with E-state index in [0.717, 1.165) is 42.1 Å². The zero-order valence-corrected chi connectivity index (χ0v) is 18.0. The Balaban J connectivity index is 1.70. The second kappa shape index (κ2) is 7.72. The van der Waals surface area contributed by atoms with Gasteiger partial charge in [-0.05, 0) is 19.8 Å². The van der Waals surface area contributed by atoms with Gasteiger partial charge in [-0.2, -0.15) is 5.10 Å². The molecular formula is C20H30N4O2S. The van der Waals surface area contributed by atoms with E-state index in [2.05, 4.69) is 30.9 Å². The summed E-state index contributed by atoms with van der Waals surface area (Å²) >= 11 is 1.45. The van der Waals surface area contributed by atoms with Gasteiger partial charge in [0.2, 0.25) is 0 Å². The summed E-state index contributed by atoms with van der Waals surface area (Å²) in [5.41, 5.74) is 1.69. The monoisotopic (exact) mass is 390 g/mol. The highest BCUT2D eigenvalue weighted by atomic mass is 32.1. The molecule has 0 spiro atoms. The molecule has 2 atom stereocenters. The van der Waals surface area contributed by atoms with Crippen molar-refractivity contribution in [3.8, 4) is 10.6 Å². The molecule has 3 rings (SSSR count). The Morgan fingerprint density at radius 2 is 2.22 bits per heavy atom. The summed E-state index contributed by atoms with van der Waals surface area (Å²) in [5.74, 6) is 0.0465. The van der Waals surface area contributed by atoms with Gasteiger partial charge in [0.15, 0.2) is 0 Å². The standard InChI is InChI=1S/C20H30N4O2S/c1-7-8-9-26-16-10-15(20(16,3)4)24(6)19(25)17-13(2)22-18(27-17)14-11-21-23(5)12-14/h11-12,15-16H,7-10H2,1-6H3. The number of ether oxygens (including phenoxy) is 1. The van der Waals surface area contributed by atoms with Crippen molar-refractivity contribution in [2.75, 3.05) is 13.7 Å². The molecule has 27 heavy (non-hydrogen) atoms. The zero-order chi connectivity index (χ0) is 19.8.